The van der Waals surface area contributed by atoms with Gasteiger partial charge >= 0.3 is 6.01 Å². The van der Waals surface area contributed by atoms with Crippen LogP contribution in [0.2, 0.25) is 0 Å². The number of rotatable bonds is 7. The van der Waals surface area contributed by atoms with Crippen molar-refractivity contribution in [3.05, 3.63) is 53.0 Å². The first-order valence-corrected chi connectivity index (χ1v) is 12.3. The minimum atomic E-state index is -0.389. The Morgan fingerprint density at radius 2 is 1.89 bits per heavy atom. The van der Waals surface area contributed by atoms with Gasteiger partial charge in [-0.05, 0) is 35.5 Å². The van der Waals surface area contributed by atoms with Crippen LogP contribution in [0.15, 0.2) is 46.1 Å². The molecule has 2 fully saturated rings. The predicted molar refractivity (Wildman–Crippen MR) is 132 cm³/mol. The topological polar surface area (TPSA) is 133 Å². The van der Waals surface area contributed by atoms with Crippen LogP contribution >= 0.6 is 11.8 Å². The maximum atomic E-state index is 11.7. The number of carbonyl (C=O) groups excluding carboxylic acids is 2. The van der Waals surface area contributed by atoms with Gasteiger partial charge in [0.25, 0.3) is 11.1 Å². The molecule has 2 aromatic heterocycles. The van der Waals surface area contributed by atoms with Crippen molar-refractivity contribution in [2.75, 3.05) is 18.0 Å². The standard InChI is InChI=1S/C24H24N6O5S/c1-14(2)21-27-23(35-29-21)30-9-7-17(8-10-30)34-20-12-19(25-13-26-20)33-16-5-3-15(4-6-16)11-18-22(31)28-24(32)36-18/h3-6,11-14,17H,7-10H2,1-2H3,(H,28,31,32)/b18-11+. The Morgan fingerprint density at radius 3 is 2.56 bits per heavy atom. The number of benzene rings is 1. The number of carbonyl (C=O) groups is 2. The molecule has 0 aliphatic carbocycles. The van der Waals surface area contributed by atoms with Gasteiger partial charge < -0.3 is 18.9 Å². The third-order valence-electron chi connectivity index (χ3n) is 5.61. The number of nitrogens with zero attached hydrogens (tertiary/aromatic N) is 5. The van der Waals surface area contributed by atoms with Crippen LogP contribution in [0, 0.1) is 0 Å². The molecule has 186 valence electrons. The summed E-state index contributed by atoms with van der Waals surface area (Å²) in [5, 5.41) is 5.90. The fourth-order valence-corrected chi connectivity index (χ4v) is 4.38. The highest BCUT2D eigenvalue weighted by Gasteiger charge is 2.26. The molecule has 0 bridgehead atoms. The van der Waals surface area contributed by atoms with E-state index in [0.29, 0.717) is 34.3 Å². The minimum absolute atomic E-state index is 0.00125. The maximum Gasteiger partial charge on any atom is 0.324 e. The first kappa shape index (κ1) is 23.8. The highest BCUT2D eigenvalue weighted by Crippen LogP contribution is 2.28. The summed E-state index contributed by atoms with van der Waals surface area (Å²) < 4.78 is 17.3. The summed E-state index contributed by atoms with van der Waals surface area (Å²) in [6.45, 7) is 5.55. The van der Waals surface area contributed by atoms with Crippen LogP contribution in [0.3, 0.4) is 0 Å². The first-order chi connectivity index (χ1) is 17.4. The Labute approximate surface area is 211 Å². The van der Waals surface area contributed by atoms with Crippen molar-refractivity contribution >= 4 is 35.0 Å². The smallest absolute Gasteiger partial charge is 0.324 e. The van der Waals surface area contributed by atoms with E-state index in [1.54, 1.807) is 36.4 Å². The number of piperidine rings is 1. The number of ether oxygens (including phenoxy) is 2. The molecule has 11 nitrogen and oxygen atoms in total. The van der Waals surface area contributed by atoms with E-state index in [-0.39, 0.29) is 23.2 Å². The molecule has 2 amide bonds. The zero-order chi connectivity index (χ0) is 25.1. The predicted octanol–water partition coefficient (Wildman–Crippen LogP) is 4.15. The van der Waals surface area contributed by atoms with E-state index >= 15 is 0 Å². The maximum absolute atomic E-state index is 11.7. The van der Waals surface area contributed by atoms with Gasteiger partial charge in [-0.2, -0.15) is 4.98 Å². The van der Waals surface area contributed by atoms with E-state index in [1.165, 1.54) is 6.33 Å². The molecule has 36 heavy (non-hydrogen) atoms. The van der Waals surface area contributed by atoms with Gasteiger partial charge in [0.05, 0.1) is 11.0 Å². The second-order valence-electron chi connectivity index (χ2n) is 8.61. The molecule has 5 rings (SSSR count). The molecular weight excluding hydrogens is 484 g/mol. The summed E-state index contributed by atoms with van der Waals surface area (Å²) in [7, 11) is 0. The number of hydrogen-bond donors (Lipinski definition) is 1. The molecular formula is C24H24N6O5S. The van der Waals surface area contributed by atoms with Crippen LogP contribution in [0.4, 0.5) is 10.8 Å². The van der Waals surface area contributed by atoms with Crippen molar-refractivity contribution in [1.29, 1.82) is 0 Å². The average Bonchev–Trinajstić information content (AvgIpc) is 3.48. The van der Waals surface area contributed by atoms with Gasteiger partial charge in [0, 0.05) is 31.8 Å². The monoisotopic (exact) mass is 508 g/mol. The average molecular weight is 509 g/mol. The second-order valence-corrected chi connectivity index (χ2v) is 9.63. The summed E-state index contributed by atoms with van der Waals surface area (Å²) >= 11 is 0.878. The van der Waals surface area contributed by atoms with Gasteiger partial charge in [-0.1, -0.05) is 31.1 Å². The molecule has 2 saturated heterocycles. The Morgan fingerprint density at radius 1 is 1.14 bits per heavy atom. The van der Waals surface area contributed by atoms with Gasteiger partial charge in [-0.15, -0.1) is 0 Å². The SMILES string of the molecule is CC(C)c1noc(N2CCC(Oc3cc(Oc4ccc(/C=C5/SC(=O)NC5=O)cc4)ncn3)CC2)n1. The number of amides is 2. The van der Waals surface area contributed by atoms with Gasteiger partial charge in [-0.3, -0.25) is 14.9 Å². The summed E-state index contributed by atoms with van der Waals surface area (Å²) in [5.41, 5.74) is 0.772. The summed E-state index contributed by atoms with van der Waals surface area (Å²) in [6.07, 6.45) is 4.63. The molecule has 1 aromatic carbocycles. The third kappa shape index (κ3) is 5.65. The van der Waals surface area contributed by atoms with Crippen molar-refractivity contribution in [3.8, 4) is 17.5 Å². The van der Waals surface area contributed by atoms with Gasteiger partial charge in [0.15, 0.2) is 5.82 Å². The number of hydrogen-bond acceptors (Lipinski definition) is 11. The fraction of sp³-hybridized carbons (Fsp3) is 0.333. The molecule has 12 heteroatoms. The van der Waals surface area contributed by atoms with Crippen LogP contribution < -0.4 is 19.7 Å². The summed E-state index contributed by atoms with van der Waals surface area (Å²) in [6, 6.07) is 9.30. The number of aromatic nitrogens is 4. The zero-order valence-electron chi connectivity index (χ0n) is 19.7. The van der Waals surface area contributed by atoms with E-state index in [0.717, 1.165) is 43.3 Å². The van der Waals surface area contributed by atoms with Crippen LogP contribution in [0.25, 0.3) is 6.08 Å². The third-order valence-corrected chi connectivity index (χ3v) is 6.42. The Balaban J connectivity index is 1.15. The fourth-order valence-electron chi connectivity index (χ4n) is 3.69. The molecule has 0 atom stereocenters. The molecule has 4 heterocycles. The molecule has 0 spiro atoms. The van der Waals surface area contributed by atoms with E-state index in [9.17, 15) is 9.59 Å². The van der Waals surface area contributed by atoms with Gasteiger partial charge in [0.1, 0.15) is 18.2 Å². The number of thioether (sulfide) groups is 1. The van der Waals surface area contributed by atoms with Crippen LogP contribution in [0.1, 0.15) is 44.0 Å². The summed E-state index contributed by atoms with van der Waals surface area (Å²) in [4.78, 5) is 38.3. The lowest BCUT2D eigenvalue weighted by Gasteiger charge is -2.30. The highest BCUT2D eigenvalue weighted by atomic mass is 32.2. The van der Waals surface area contributed by atoms with E-state index < -0.39 is 0 Å². The lowest BCUT2D eigenvalue weighted by Crippen LogP contribution is -2.38. The quantitative estimate of drug-likeness (QED) is 0.462. The number of nitrogens with one attached hydrogen (secondary N) is 1. The zero-order valence-corrected chi connectivity index (χ0v) is 20.5. The second kappa shape index (κ2) is 10.4. The molecule has 0 unspecified atom stereocenters. The minimum Gasteiger partial charge on any atom is -0.474 e. The van der Waals surface area contributed by atoms with Crippen LogP contribution in [0.5, 0.6) is 17.5 Å². The van der Waals surface area contributed by atoms with Gasteiger partial charge in [0.2, 0.25) is 11.8 Å². The molecule has 2 aliphatic heterocycles. The lowest BCUT2D eigenvalue weighted by molar-refractivity contribution is -0.115. The highest BCUT2D eigenvalue weighted by molar-refractivity contribution is 8.18. The first-order valence-electron chi connectivity index (χ1n) is 11.5. The van der Waals surface area contributed by atoms with Crippen molar-refractivity contribution < 1.29 is 23.6 Å². The van der Waals surface area contributed by atoms with E-state index in [1.807, 2.05) is 13.8 Å². The van der Waals surface area contributed by atoms with Gasteiger partial charge in [-0.25, -0.2) is 9.97 Å². The largest absolute Gasteiger partial charge is 0.474 e. The number of anilines is 1. The summed E-state index contributed by atoms with van der Waals surface area (Å²) in [5.74, 6) is 1.90. The van der Waals surface area contributed by atoms with E-state index in [2.05, 4.69) is 30.3 Å². The Hall–Kier alpha value is -3.93. The van der Waals surface area contributed by atoms with Crippen LogP contribution in [-0.4, -0.2) is 50.4 Å². The number of imide groups is 1. The Bertz CT molecular complexity index is 1280. The van der Waals surface area contributed by atoms with Crippen molar-refractivity contribution in [2.45, 2.75) is 38.7 Å². The van der Waals surface area contributed by atoms with Crippen LogP contribution in [-0.2, 0) is 4.79 Å². The van der Waals surface area contributed by atoms with Crippen molar-refractivity contribution in [3.63, 3.8) is 0 Å². The van der Waals surface area contributed by atoms with E-state index in [4.69, 9.17) is 14.0 Å². The van der Waals surface area contributed by atoms with Crippen molar-refractivity contribution in [2.24, 2.45) is 0 Å². The molecule has 3 aromatic rings. The molecule has 0 saturated carbocycles. The normalized spacial score (nSPS) is 17.6. The molecule has 1 N–H and O–H groups in total. The lowest BCUT2D eigenvalue weighted by atomic mass is 10.1. The molecule has 0 radical (unpaired) electrons. The Kier molecular flexibility index (Phi) is 6.85. The van der Waals surface area contributed by atoms with Crippen molar-refractivity contribution in [1.82, 2.24) is 25.4 Å². The molecule has 2 aliphatic rings.